The van der Waals surface area contributed by atoms with Gasteiger partial charge in [-0.3, -0.25) is 9.59 Å². The predicted molar refractivity (Wildman–Crippen MR) is 91.1 cm³/mol. The zero-order valence-corrected chi connectivity index (χ0v) is 13.0. The number of nitrogens with zero attached hydrogens (tertiary/aromatic N) is 1. The molecule has 0 bridgehead atoms. The maximum Gasteiger partial charge on any atom is 0.240 e. The van der Waals surface area contributed by atoms with Gasteiger partial charge in [-0.25, -0.2) is 5.43 Å². The number of benzene rings is 2. The molecule has 0 aromatic heterocycles. The Morgan fingerprint density at radius 1 is 0.870 bits per heavy atom. The van der Waals surface area contributed by atoms with Gasteiger partial charge in [0.2, 0.25) is 11.8 Å². The lowest BCUT2D eigenvalue weighted by molar-refractivity contribution is -0.124. The average molecular weight is 309 g/mol. The maximum atomic E-state index is 11.7. The molecule has 2 N–H and O–H groups in total. The molecule has 0 heterocycles. The fraction of sp³-hybridized carbons (Fsp3) is 0.167. The van der Waals surface area contributed by atoms with Crippen LogP contribution in [-0.2, 0) is 9.59 Å². The van der Waals surface area contributed by atoms with Gasteiger partial charge in [-0.2, -0.15) is 5.10 Å². The first kappa shape index (κ1) is 16.4. The molecule has 0 aliphatic carbocycles. The van der Waals surface area contributed by atoms with Gasteiger partial charge in [0.15, 0.2) is 0 Å². The Hall–Kier alpha value is -2.95. The molecule has 118 valence electrons. The second kappa shape index (κ2) is 8.48. The summed E-state index contributed by atoms with van der Waals surface area (Å²) >= 11 is 0. The maximum absolute atomic E-state index is 11.7. The highest BCUT2D eigenvalue weighted by atomic mass is 16.2. The number of carbonyl (C=O) groups is 2. The van der Waals surface area contributed by atoms with E-state index in [0.717, 1.165) is 11.3 Å². The first-order chi connectivity index (χ1) is 11.1. The second-order valence-electron chi connectivity index (χ2n) is 5.01. The Bertz CT molecular complexity index is 682. The summed E-state index contributed by atoms with van der Waals surface area (Å²) in [6.45, 7) is 1.82. The predicted octanol–water partition coefficient (Wildman–Crippen LogP) is 2.95. The van der Waals surface area contributed by atoms with Gasteiger partial charge in [0.05, 0.1) is 5.71 Å². The van der Waals surface area contributed by atoms with E-state index in [-0.39, 0.29) is 24.7 Å². The van der Waals surface area contributed by atoms with Crippen LogP contribution in [0.4, 0.5) is 5.69 Å². The summed E-state index contributed by atoms with van der Waals surface area (Å²) in [5.74, 6) is -0.487. The van der Waals surface area contributed by atoms with Crippen LogP contribution in [-0.4, -0.2) is 17.5 Å². The molecule has 23 heavy (non-hydrogen) atoms. The van der Waals surface area contributed by atoms with Crippen molar-refractivity contribution in [2.45, 2.75) is 19.8 Å². The average Bonchev–Trinajstić information content (AvgIpc) is 2.59. The van der Waals surface area contributed by atoms with E-state index < -0.39 is 0 Å². The van der Waals surface area contributed by atoms with Gasteiger partial charge in [0, 0.05) is 18.5 Å². The number of para-hydroxylation sites is 1. The van der Waals surface area contributed by atoms with Crippen molar-refractivity contribution in [3.05, 3.63) is 66.2 Å². The van der Waals surface area contributed by atoms with Crippen molar-refractivity contribution < 1.29 is 9.59 Å². The summed E-state index contributed by atoms with van der Waals surface area (Å²) in [6.07, 6.45) is 0.199. The highest BCUT2D eigenvalue weighted by Crippen LogP contribution is 2.06. The molecule has 2 amide bonds. The summed E-state index contributed by atoms with van der Waals surface area (Å²) in [4.78, 5) is 23.5. The van der Waals surface area contributed by atoms with E-state index in [1.54, 1.807) is 12.1 Å². The largest absolute Gasteiger partial charge is 0.326 e. The third kappa shape index (κ3) is 5.74. The van der Waals surface area contributed by atoms with Crippen LogP contribution in [0.15, 0.2) is 65.8 Å². The van der Waals surface area contributed by atoms with E-state index >= 15 is 0 Å². The first-order valence-electron chi connectivity index (χ1n) is 7.38. The lowest BCUT2D eigenvalue weighted by atomic mass is 10.1. The Balaban J connectivity index is 1.76. The third-order valence-electron chi connectivity index (χ3n) is 3.18. The van der Waals surface area contributed by atoms with Crippen LogP contribution in [0.25, 0.3) is 0 Å². The number of anilines is 1. The molecule has 5 nitrogen and oxygen atoms in total. The molecular weight excluding hydrogens is 290 g/mol. The van der Waals surface area contributed by atoms with E-state index in [0.29, 0.717) is 5.71 Å². The molecule has 5 heteroatoms. The van der Waals surface area contributed by atoms with Crippen molar-refractivity contribution in [2.75, 3.05) is 5.32 Å². The monoisotopic (exact) mass is 309 g/mol. The van der Waals surface area contributed by atoms with Crippen LogP contribution >= 0.6 is 0 Å². The van der Waals surface area contributed by atoms with E-state index in [2.05, 4.69) is 15.8 Å². The second-order valence-corrected chi connectivity index (χ2v) is 5.01. The first-order valence-corrected chi connectivity index (χ1v) is 7.38. The van der Waals surface area contributed by atoms with E-state index in [4.69, 9.17) is 0 Å². The lowest BCUT2D eigenvalue weighted by Gasteiger charge is -2.05. The zero-order valence-electron chi connectivity index (χ0n) is 13.0. The van der Waals surface area contributed by atoms with Gasteiger partial charge in [0.1, 0.15) is 0 Å². The summed E-state index contributed by atoms with van der Waals surface area (Å²) in [5.41, 5.74) is 4.84. The molecular formula is C18H19N3O2. The zero-order chi connectivity index (χ0) is 16.5. The van der Waals surface area contributed by atoms with Crippen molar-refractivity contribution in [2.24, 2.45) is 5.10 Å². The van der Waals surface area contributed by atoms with Crippen LogP contribution in [0.3, 0.4) is 0 Å². The topological polar surface area (TPSA) is 70.6 Å². The van der Waals surface area contributed by atoms with E-state index in [1.165, 1.54) is 0 Å². The minimum Gasteiger partial charge on any atom is -0.326 e. The molecule has 0 spiro atoms. The summed E-state index contributed by atoms with van der Waals surface area (Å²) < 4.78 is 0. The summed E-state index contributed by atoms with van der Waals surface area (Å²) in [7, 11) is 0. The number of hydrogen-bond donors (Lipinski definition) is 2. The number of carbonyl (C=O) groups excluding carboxylic acids is 2. The summed E-state index contributed by atoms with van der Waals surface area (Å²) in [6, 6.07) is 18.7. The van der Waals surface area contributed by atoms with Crippen molar-refractivity contribution in [1.29, 1.82) is 0 Å². The fourth-order valence-electron chi connectivity index (χ4n) is 1.92. The number of rotatable bonds is 6. The lowest BCUT2D eigenvalue weighted by Crippen LogP contribution is -2.21. The Morgan fingerprint density at radius 3 is 2.09 bits per heavy atom. The third-order valence-corrected chi connectivity index (χ3v) is 3.18. The molecule has 2 rings (SSSR count). The van der Waals surface area contributed by atoms with Gasteiger partial charge in [0.25, 0.3) is 0 Å². The normalized spacial score (nSPS) is 10.9. The Morgan fingerprint density at radius 2 is 1.43 bits per heavy atom. The van der Waals surface area contributed by atoms with Crippen molar-refractivity contribution >= 4 is 23.2 Å². The van der Waals surface area contributed by atoms with Crippen LogP contribution in [0.2, 0.25) is 0 Å². The van der Waals surface area contributed by atoms with Crippen LogP contribution in [0.5, 0.6) is 0 Å². The molecule has 0 aliphatic heterocycles. The van der Waals surface area contributed by atoms with Crippen LogP contribution in [0.1, 0.15) is 25.3 Å². The van der Waals surface area contributed by atoms with Gasteiger partial charge in [-0.15, -0.1) is 0 Å². The van der Waals surface area contributed by atoms with Crippen molar-refractivity contribution in [3.8, 4) is 0 Å². The Kier molecular flexibility index (Phi) is 6.06. The quantitative estimate of drug-likeness (QED) is 0.636. The smallest absolute Gasteiger partial charge is 0.240 e. The molecule has 2 aromatic rings. The van der Waals surface area contributed by atoms with Gasteiger partial charge in [-0.05, 0) is 24.6 Å². The van der Waals surface area contributed by atoms with Crippen LogP contribution < -0.4 is 10.7 Å². The van der Waals surface area contributed by atoms with E-state index in [1.807, 2.05) is 55.5 Å². The standard InChI is InChI=1S/C18H19N3O2/c1-14(15-8-4-2-5-9-15)20-21-18(23)13-12-17(22)19-16-10-6-3-7-11-16/h2-11H,12-13H2,1H3,(H,19,22)(H,21,23)/b20-14+. The molecule has 0 radical (unpaired) electrons. The van der Waals surface area contributed by atoms with Crippen molar-refractivity contribution in [3.63, 3.8) is 0 Å². The van der Waals surface area contributed by atoms with Gasteiger partial charge in [-0.1, -0.05) is 48.5 Å². The number of amides is 2. The SMILES string of the molecule is C/C(=N\NC(=O)CCC(=O)Nc1ccccc1)c1ccccc1. The summed E-state index contributed by atoms with van der Waals surface area (Å²) in [5, 5.41) is 6.77. The molecule has 0 aliphatic rings. The molecule has 0 saturated heterocycles. The highest BCUT2D eigenvalue weighted by molar-refractivity contribution is 5.99. The van der Waals surface area contributed by atoms with Gasteiger partial charge >= 0.3 is 0 Å². The minimum absolute atomic E-state index is 0.0875. The fourth-order valence-corrected chi connectivity index (χ4v) is 1.92. The van der Waals surface area contributed by atoms with E-state index in [9.17, 15) is 9.59 Å². The number of hydrogen-bond acceptors (Lipinski definition) is 3. The molecule has 0 fully saturated rings. The highest BCUT2D eigenvalue weighted by Gasteiger charge is 2.07. The van der Waals surface area contributed by atoms with Crippen molar-refractivity contribution in [1.82, 2.24) is 5.43 Å². The molecule has 0 saturated carbocycles. The molecule has 0 unspecified atom stereocenters. The number of nitrogens with one attached hydrogen (secondary N) is 2. The Labute approximate surface area is 135 Å². The number of hydrazone groups is 1. The molecule has 2 aromatic carbocycles. The van der Waals surface area contributed by atoms with Gasteiger partial charge < -0.3 is 5.32 Å². The minimum atomic E-state index is -0.288. The molecule has 0 atom stereocenters. The van der Waals surface area contributed by atoms with Crippen LogP contribution in [0, 0.1) is 0 Å².